The number of pyridine rings is 1. The number of thiazole rings is 1. The van der Waals surface area contributed by atoms with Crippen LogP contribution in [0.25, 0.3) is 11.4 Å². The molecule has 2 aromatic rings. The number of hydrogen-bond donors (Lipinski definition) is 2. The first-order chi connectivity index (χ1) is 11.5. The molecule has 25 heavy (non-hydrogen) atoms. The van der Waals surface area contributed by atoms with Crippen molar-refractivity contribution in [2.75, 3.05) is 29.9 Å². The summed E-state index contributed by atoms with van der Waals surface area (Å²) in [6.45, 7) is 5.71. The maximum Gasteiger partial charge on any atom is 0.239 e. The molecule has 3 N–H and O–H groups in total. The van der Waals surface area contributed by atoms with Gasteiger partial charge in [0.1, 0.15) is 11.5 Å². The molecule has 1 saturated heterocycles. The molecule has 0 aromatic carbocycles. The third-order valence-corrected chi connectivity index (χ3v) is 4.43. The summed E-state index contributed by atoms with van der Waals surface area (Å²) in [6.07, 6.45) is 0.355. The van der Waals surface area contributed by atoms with Gasteiger partial charge in [-0.2, -0.15) is 0 Å². The van der Waals surface area contributed by atoms with Gasteiger partial charge in [0.05, 0.1) is 24.4 Å². The smallest absolute Gasteiger partial charge is 0.239 e. The second-order valence-electron chi connectivity index (χ2n) is 5.83. The second-order valence-corrected chi connectivity index (χ2v) is 6.69. The van der Waals surface area contributed by atoms with Crippen LogP contribution in [0, 0.1) is 0 Å². The van der Waals surface area contributed by atoms with E-state index in [-0.39, 0.29) is 37.1 Å². The Bertz CT molecular complexity index is 716. The van der Waals surface area contributed by atoms with Crippen molar-refractivity contribution in [3.8, 4) is 11.4 Å². The van der Waals surface area contributed by atoms with Crippen molar-refractivity contribution in [1.82, 2.24) is 9.97 Å². The topological polar surface area (TPSA) is 93.4 Å². The van der Waals surface area contributed by atoms with E-state index in [1.54, 1.807) is 0 Å². The minimum absolute atomic E-state index is 0. The van der Waals surface area contributed by atoms with Crippen LogP contribution in [0.3, 0.4) is 0 Å². The zero-order valence-corrected chi connectivity index (χ0v) is 15.8. The fourth-order valence-electron chi connectivity index (χ4n) is 2.73. The number of ether oxygens (including phenoxy) is 1. The van der Waals surface area contributed by atoms with Crippen molar-refractivity contribution in [1.29, 1.82) is 0 Å². The summed E-state index contributed by atoms with van der Waals surface area (Å²) in [5, 5.41) is 5.07. The van der Waals surface area contributed by atoms with Crippen LogP contribution in [0.1, 0.15) is 13.8 Å². The molecule has 0 aliphatic carbocycles. The Morgan fingerprint density at radius 3 is 2.72 bits per heavy atom. The lowest BCUT2D eigenvalue weighted by atomic mass is 10.2. The van der Waals surface area contributed by atoms with Crippen molar-refractivity contribution in [3.63, 3.8) is 0 Å². The maximum absolute atomic E-state index is 11.3. The molecule has 0 spiro atoms. The predicted molar refractivity (Wildman–Crippen MR) is 102 cm³/mol. The first kappa shape index (κ1) is 19.6. The number of amides is 1. The molecular formula is C16H22ClN5O2S. The molecule has 3 rings (SSSR count). The third kappa shape index (κ3) is 4.88. The Kier molecular flexibility index (Phi) is 6.71. The first-order valence-corrected chi connectivity index (χ1v) is 8.76. The Labute approximate surface area is 157 Å². The number of halogens is 1. The number of hydrogen-bond acceptors (Lipinski definition) is 7. The van der Waals surface area contributed by atoms with E-state index in [0.717, 1.165) is 30.3 Å². The summed E-state index contributed by atoms with van der Waals surface area (Å²) in [5.41, 5.74) is 6.82. The van der Waals surface area contributed by atoms with Crippen molar-refractivity contribution >= 4 is 40.6 Å². The average molecular weight is 384 g/mol. The van der Waals surface area contributed by atoms with Gasteiger partial charge in [-0.05, 0) is 26.0 Å². The summed E-state index contributed by atoms with van der Waals surface area (Å²) >= 11 is 1.36. The summed E-state index contributed by atoms with van der Waals surface area (Å²) in [6, 6.07) is 5.89. The fourth-order valence-corrected chi connectivity index (χ4v) is 3.45. The monoisotopic (exact) mass is 383 g/mol. The Morgan fingerprint density at radius 1 is 1.32 bits per heavy atom. The van der Waals surface area contributed by atoms with E-state index in [1.165, 1.54) is 11.3 Å². The van der Waals surface area contributed by atoms with Gasteiger partial charge in [0.2, 0.25) is 5.91 Å². The van der Waals surface area contributed by atoms with Crippen LogP contribution in [0.15, 0.2) is 23.6 Å². The molecule has 136 valence electrons. The second kappa shape index (κ2) is 8.57. The predicted octanol–water partition coefficient (Wildman–Crippen LogP) is 2.14. The number of nitrogens with two attached hydrogens (primary N) is 1. The number of carbonyl (C=O) groups excluding carboxylic acids is 1. The van der Waals surface area contributed by atoms with E-state index in [1.807, 2.05) is 23.6 Å². The van der Waals surface area contributed by atoms with Crippen LogP contribution in [0.4, 0.5) is 10.9 Å². The maximum atomic E-state index is 11.3. The minimum Gasteiger partial charge on any atom is -0.372 e. The Hall–Kier alpha value is -1.74. The number of morpholine rings is 1. The van der Waals surface area contributed by atoms with E-state index in [4.69, 9.17) is 15.5 Å². The minimum atomic E-state index is -0.256. The molecule has 3 heterocycles. The van der Waals surface area contributed by atoms with Gasteiger partial charge >= 0.3 is 0 Å². The molecule has 2 aromatic heterocycles. The molecule has 1 aliphatic heterocycles. The van der Waals surface area contributed by atoms with Crippen molar-refractivity contribution in [3.05, 3.63) is 23.6 Å². The van der Waals surface area contributed by atoms with Gasteiger partial charge in [0.25, 0.3) is 0 Å². The summed E-state index contributed by atoms with van der Waals surface area (Å²) in [4.78, 5) is 22.7. The van der Waals surface area contributed by atoms with E-state index in [2.05, 4.69) is 29.0 Å². The highest BCUT2D eigenvalue weighted by molar-refractivity contribution is 7.14. The highest BCUT2D eigenvalue weighted by Gasteiger charge is 2.23. The molecule has 0 bridgehead atoms. The van der Waals surface area contributed by atoms with E-state index in [0.29, 0.717) is 5.13 Å². The van der Waals surface area contributed by atoms with Gasteiger partial charge in [0, 0.05) is 18.5 Å². The highest BCUT2D eigenvalue weighted by atomic mass is 35.5. The van der Waals surface area contributed by atoms with Gasteiger partial charge < -0.3 is 20.7 Å². The number of aromatic nitrogens is 2. The molecule has 2 atom stereocenters. The van der Waals surface area contributed by atoms with Crippen LogP contribution in [-0.4, -0.2) is 47.7 Å². The van der Waals surface area contributed by atoms with Crippen LogP contribution < -0.4 is 16.0 Å². The molecule has 1 fully saturated rings. The van der Waals surface area contributed by atoms with Crippen molar-refractivity contribution in [2.45, 2.75) is 26.1 Å². The quantitative estimate of drug-likeness (QED) is 0.840. The molecule has 1 amide bonds. The van der Waals surface area contributed by atoms with Crippen LogP contribution >= 0.6 is 23.7 Å². The van der Waals surface area contributed by atoms with E-state index >= 15 is 0 Å². The summed E-state index contributed by atoms with van der Waals surface area (Å²) < 4.78 is 5.77. The van der Waals surface area contributed by atoms with Gasteiger partial charge in [-0.15, -0.1) is 23.7 Å². The highest BCUT2D eigenvalue weighted by Crippen LogP contribution is 2.26. The molecule has 0 radical (unpaired) electrons. The Balaban J connectivity index is 0.00000225. The van der Waals surface area contributed by atoms with Crippen LogP contribution in [0.2, 0.25) is 0 Å². The zero-order chi connectivity index (χ0) is 17.1. The van der Waals surface area contributed by atoms with Gasteiger partial charge in [-0.3, -0.25) is 4.79 Å². The average Bonchev–Trinajstić information content (AvgIpc) is 3.02. The number of carbonyl (C=O) groups is 1. The number of nitrogens with zero attached hydrogens (tertiary/aromatic N) is 3. The van der Waals surface area contributed by atoms with Crippen LogP contribution in [-0.2, 0) is 9.53 Å². The third-order valence-electron chi connectivity index (χ3n) is 3.68. The normalized spacial score (nSPS) is 20.0. The lowest BCUT2D eigenvalue weighted by Crippen LogP contribution is -2.45. The lowest BCUT2D eigenvalue weighted by molar-refractivity contribution is -0.114. The SMILES string of the molecule is C[C@@H]1CN(c2cccc(-c3csc(NC(=O)CN)n3)n2)C[C@H](C)O1.Cl. The summed E-state index contributed by atoms with van der Waals surface area (Å²) in [5.74, 6) is 0.656. The standard InChI is InChI=1S/C16H21N5O2S.ClH/c1-10-7-21(8-11(2)23-10)14-5-3-4-12(18-14)13-9-24-16(19-13)20-15(22)6-17;/h3-5,9-11H,6-8,17H2,1-2H3,(H,19,20,22);1H/t10-,11+;. The largest absolute Gasteiger partial charge is 0.372 e. The lowest BCUT2D eigenvalue weighted by Gasteiger charge is -2.36. The molecule has 7 nitrogen and oxygen atoms in total. The van der Waals surface area contributed by atoms with Gasteiger partial charge in [0.15, 0.2) is 5.13 Å². The van der Waals surface area contributed by atoms with Crippen LogP contribution in [0.5, 0.6) is 0 Å². The van der Waals surface area contributed by atoms with Gasteiger partial charge in [-0.25, -0.2) is 9.97 Å². The van der Waals surface area contributed by atoms with Crippen molar-refractivity contribution in [2.24, 2.45) is 5.73 Å². The zero-order valence-electron chi connectivity index (χ0n) is 14.1. The molecule has 0 saturated carbocycles. The van der Waals surface area contributed by atoms with E-state index in [9.17, 15) is 4.79 Å². The van der Waals surface area contributed by atoms with Crippen molar-refractivity contribution < 1.29 is 9.53 Å². The number of nitrogens with one attached hydrogen (secondary N) is 1. The number of rotatable bonds is 4. The molecule has 9 heteroatoms. The molecular weight excluding hydrogens is 362 g/mol. The molecule has 1 aliphatic rings. The molecule has 0 unspecified atom stereocenters. The fraction of sp³-hybridized carbons (Fsp3) is 0.438. The Morgan fingerprint density at radius 2 is 2.04 bits per heavy atom. The summed E-state index contributed by atoms with van der Waals surface area (Å²) in [7, 11) is 0. The van der Waals surface area contributed by atoms with E-state index < -0.39 is 0 Å². The number of anilines is 2. The first-order valence-electron chi connectivity index (χ1n) is 7.88. The van der Waals surface area contributed by atoms with Gasteiger partial charge in [-0.1, -0.05) is 6.07 Å².